The minimum atomic E-state index is -1.05. The van der Waals surface area contributed by atoms with Crippen LogP contribution in [0.2, 0.25) is 0 Å². The lowest BCUT2D eigenvalue weighted by atomic mass is 10.1. The number of carbonyl (C=O) groups excluding carboxylic acids is 1. The first-order valence-electron chi connectivity index (χ1n) is 5.40. The fourth-order valence-electron chi connectivity index (χ4n) is 1.98. The second kappa shape index (κ2) is 4.99. The lowest BCUT2D eigenvalue weighted by Gasteiger charge is -2.16. The van der Waals surface area contributed by atoms with Gasteiger partial charge in [-0.2, -0.15) is 0 Å². The fraction of sp³-hybridized carbons (Fsp3) is 0.800. The molecule has 0 bridgehead atoms. The summed E-state index contributed by atoms with van der Waals surface area (Å²) in [5, 5.41) is 17.9. The molecule has 17 heavy (non-hydrogen) atoms. The van der Waals surface area contributed by atoms with Gasteiger partial charge in [0, 0.05) is 0 Å². The number of ether oxygens (including phenoxy) is 3. The predicted octanol–water partition coefficient (Wildman–Crippen LogP) is -1.08. The average Bonchev–Trinajstić information content (AvgIpc) is 2.81. The van der Waals surface area contributed by atoms with E-state index in [0.29, 0.717) is 0 Å². The van der Waals surface area contributed by atoms with E-state index in [1.165, 1.54) is 0 Å². The minimum absolute atomic E-state index is 0.165. The molecule has 2 saturated heterocycles. The summed E-state index contributed by atoms with van der Waals surface area (Å²) in [7, 11) is 0. The SMILES string of the molecule is O=C(O)CCC(=O)O[C@H]1CO[C@H]2[C@@H]1OC[C@@H]2O. The van der Waals surface area contributed by atoms with Crippen molar-refractivity contribution in [3.05, 3.63) is 0 Å². The number of rotatable bonds is 4. The summed E-state index contributed by atoms with van der Waals surface area (Å²) in [5.74, 6) is -1.64. The molecule has 2 aliphatic heterocycles. The summed E-state index contributed by atoms with van der Waals surface area (Å²) < 4.78 is 15.6. The Kier molecular flexibility index (Phi) is 3.60. The Morgan fingerprint density at radius 1 is 1.18 bits per heavy atom. The smallest absolute Gasteiger partial charge is 0.306 e. The second-order valence-electron chi connectivity index (χ2n) is 4.09. The fourth-order valence-corrected chi connectivity index (χ4v) is 1.98. The van der Waals surface area contributed by atoms with Gasteiger partial charge in [0.05, 0.1) is 26.1 Å². The lowest BCUT2D eigenvalue weighted by Crippen LogP contribution is -2.34. The number of fused-ring (bicyclic) bond motifs is 1. The Morgan fingerprint density at radius 3 is 2.59 bits per heavy atom. The molecule has 2 rings (SSSR count). The van der Waals surface area contributed by atoms with E-state index in [-0.39, 0.29) is 26.1 Å². The third-order valence-electron chi connectivity index (χ3n) is 2.81. The zero-order chi connectivity index (χ0) is 12.4. The maximum Gasteiger partial charge on any atom is 0.306 e. The molecule has 0 aromatic carbocycles. The molecule has 2 fully saturated rings. The maximum absolute atomic E-state index is 11.3. The van der Waals surface area contributed by atoms with Crippen molar-refractivity contribution in [3.63, 3.8) is 0 Å². The molecule has 7 nitrogen and oxygen atoms in total. The molecule has 2 N–H and O–H groups in total. The summed E-state index contributed by atoms with van der Waals surface area (Å²) in [4.78, 5) is 21.6. The van der Waals surface area contributed by atoms with Gasteiger partial charge >= 0.3 is 11.9 Å². The summed E-state index contributed by atoms with van der Waals surface area (Å²) in [5.41, 5.74) is 0. The molecule has 4 atom stereocenters. The van der Waals surface area contributed by atoms with Crippen molar-refractivity contribution in [2.45, 2.75) is 37.3 Å². The Hall–Kier alpha value is -1.18. The van der Waals surface area contributed by atoms with Crippen LogP contribution in [0.1, 0.15) is 12.8 Å². The molecular formula is C10H14O7. The summed E-state index contributed by atoms with van der Waals surface area (Å²) in [6.07, 6.45) is -2.58. The van der Waals surface area contributed by atoms with Crippen LogP contribution in [-0.4, -0.2) is 59.8 Å². The van der Waals surface area contributed by atoms with Crippen LogP contribution in [0.25, 0.3) is 0 Å². The molecule has 0 aliphatic carbocycles. The van der Waals surface area contributed by atoms with Gasteiger partial charge in [0.15, 0.2) is 6.10 Å². The largest absolute Gasteiger partial charge is 0.481 e. The van der Waals surface area contributed by atoms with Crippen molar-refractivity contribution in [3.8, 4) is 0 Å². The first-order chi connectivity index (χ1) is 8.08. The van der Waals surface area contributed by atoms with E-state index in [1.807, 2.05) is 0 Å². The van der Waals surface area contributed by atoms with Crippen molar-refractivity contribution in [2.75, 3.05) is 13.2 Å². The van der Waals surface area contributed by atoms with Gasteiger partial charge in [-0.05, 0) is 0 Å². The van der Waals surface area contributed by atoms with E-state index in [4.69, 9.17) is 19.3 Å². The molecule has 7 heteroatoms. The number of hydrogen-bond acceptors (Lipinski definition) is 6. The topological polar surface area (TPSA) is 102 Å². The van der Waals surface area contributed by atoms with Crippen LogP contribution >= 0.6 is 0 Å². The predicted molar refractivity (Wildman–Crippen MR) is 52.2 cm³/mol. The van der Waals surface area contributed by atoms with Crippen LogP contribution in [0.3, 0.4) is 0 Å². The minimum Gasteiger partial charge on any atom is -0.481 e. The van der Waals surface area contributed by atoms with Gasteiger partial charge in [0.2, 0.25) is 0 Å². The highest BCUT2D eigenvalue weighted by Crippen LogP contribution is 2.28. The number of aliphatic carboxylic acids is 1. The van der Waals surface area contributed by atoms with Gasteiger partial charge in [-0.1, -0.05) is 0 Å². The average molecular weight is 246 g/mol. The highest BCUT2D eigenvalue weighted by Gasteiger charge is 2.48. The molecule has 0 unspecified atom stereocenters. The van der Waals surface area contributed by atoms with E-state index in [1.54, 1.807) is 0 Å². The Labute approximate surface area is 97.3 Å². The zero-order valence-corrected chi connectivity index (χ0v) is 9.07. The van der Waals surface area contributed by atoms with Gasteiger partial charge in [-0.15, -0.1) is 0 Å². The molecule has 0 amide bonds. The molecule has 2 heterocycles. The second-order valence-corrected chi connectivity index (χ2v) is 4.09. The molecule has 0 saturated carbocycles. The Balaban J connectivity index is 1.80. The molecule has 0 aromatic rings. The van der Waals surface area contributed by atoms with Crippen molar-refractivity contribution < 1.29 is 34.0 Å². The summed E-state index contributed by atoms with van der Waals surface area (Å²) >= 11 is 0. The van der Waals surface area contributed by atoms with Crippen molar-refractivity contribution in [1.82, 2.24) is 0 Å². The number of carbonyl (C=O) groups is 2. The number of carboxylic acid groups (broad SMARTS) is 1. The zero-order valence-electron chi connectivity index (χ0n) is 9.07. The normalized spacial score (nSPS) is 35.6. The van der Waals surface area contributed by atoms with Crippen molar-refractivity contribution in [1.29, 1.82) is 0 Å². The number of aliphatic hydroxyl groups excluding tert-OH is 1. The Bertz CT molecular complexity index is 316. The molecule has 96 valence electrons. The number of carboxylic acids is 1. The van der Waals surface area contributed by atoms with Gasteiger partial charge in [-0.25, -0.2) is 0 Å². The number of aliphatic hydroxyl groups is 1. The van der Waals surface area contributed by atoms with Gasteiger partial charge < -0.3 is 24.4 Å². The summed E-state index contributed by atoms with van der Waals surface area (Å²) in [6.45, 7) is 0.337. The van der Waals surface area contributed by atoms with Crippen molar-refractivity contribution in [2.24, 2.45) is 0 Å². The highest BCUT2D eigenvalue weighted by atomic mass is 16.6. The molecule has 0 spiro atoms. The van der Waals surface area contributed by atoms with E-state index in [0.717, 1.165) is 0 Å². The van der Waals surface area contributed by atoms with E-state index in [2.05, 4.69) is 0 Å². The monoisotopic (exact) mass is 246 g/mol. The standard InChI is InChI=1S/C10H14O7/c11-5-3-15-10-6(4-16-9(5)10)17-8(14)2-1-7(12)13/h5-6,9-11H,1-4H2,(H,12,13)/t5-,6-,9+,10+/m0/s1. The molecule has 2 aliphatic rings. The number of hydrogen-bond donors (Lipinski definition) is 2. The van der Waals surface area contributed by atoms with Crippen LogP contribution in [0.4, 0.5) is 0 Å². The first kappa shape index (κ1) is 12.3. The maximum atomic E-state index is 11.3. The van der Waals surface area contributed by atoms with E-state index >= 15 is 0 Å². The van der Waals surface area contributed by atoms with Gasteiger partial charge in [0.25, 0.3) is 0 Å². The third-order valence-corrected chi connectivity index (χ3v) is 2.81. The lowest BCUT2D eigenvalue weighted by molar-refractivity contribution is -0.156. The first-order valence-corrected chi connectivity index (χ1v) is 5.40. The highest BCUT2D eigenvalue weighted by molar-refractivity contribution is 5.76. The Morgan fingerprint density at radius 2 is 1.88 bits per heavy atom. The number of esters is 1. The molecular weight excluding hydrogens is 232 g/mol. The third kappa shape index (κ3) is 2.74. The quantitative estimate of drug-likeness (QED) is 0.608. The van der Waals surface area contributed by atoms with Crippen LogP contribution in [0.15, 0.2) is 0 Å². The van der Waals surface area contributed by atoms with Crippen LogP contribution in [0.5, 0.6) is 0 Å². The van der Waals surface area contributed by atoms with Crippen LogP contribution in [0, 0.1) is 0 Å². The van der Waals surface area contributed by atoms with Crippen molar-refractivity contribution >= 4 is 11.9 Å². The molecule has 0 radical (unpaired) electrons. The summed E-state index contributed by atoms with van der Waals surface area (Å²) in [6, 6.07) is 0. The van der Waals surface area contributed by atoms with E-state index in [9.17, 15) is 14.7 Å². The molecule has 0 aromatic heterocycles. The van der Waals surface area contributed by atoms with Crippen LogP contribution in [-0.2, 0) is 23.8 Å². The van der Waals surface area contributed by atoms with Crippen LogP contribution < -0.4 is 0 Å². The van der Waals surface area contributed by atoms with Gasteiger partial charge in [0.1, 0.15) is 18.3 Å². The van der Waals surface area contributed by atoms with E-state index < -0.39 is 36.4 Å². The van der Waals surface area contributed by atoms with Gasteiger partial charge in [-0.3, -0.25) is 9.59 Å².